The molecule has 3 aromatic rings. The van der Waals surface area contributed by atoms with Crippen LogP contribution in [0, 0.1) is 23.0 Å². The van der Waals surface area contributed by atoms with Crippen LogP contribution >= 0.6 is 0 Å². The van der Waals surface area contributed by atoms with Crippen molar-refractivity contribution in [3.8, 4) is 11.1 Å². The Kier molecular flexibility index (Phi) is 7.52. The average molecular weight is 592 g/mol. The van der Waals surface area contributed by atoms with Crippen LogP contribution in [0.5, 0.6) is 0 Å². The van der Waals surface area contributed by atoms with Crippen LogP contribution in [0.4, 0.5) is 14.5 Å². The van der Waals surface area contributed by atoms with E-state index in [9.17, 15) is 18.8 Å². The quantitative estimate of drug-likeness (QED) is 0.433. The van der Waals surface area contributed by atoms with Gasteiger partial charge < -0.3 is 20.9 Å². The molecule has 0 bridgehead atoms. The molecule has 2 fully saturated rings. The molecule has 10 heteroatoms. The monoisotopic (exact) mass is 591 g/mol. The number of nitrogens with one attached hydrogen (secondary N) is 1. The number of nitrogens with two attached hydrogens (primary N) is 1. The Bertz CT molecular complexity index is 1610. The zero-order chi connectivity index (χ0) is 30.6. The summed E-state index contributed by atoms with van der Waals surface area (Å²) < 4.78 is 31.6. The van der Waals surface area contributed by atoms with Crippen molar-refractivity contribution < 1.29 is 23.2 Å². The first-order chi connectivity index (χ1) is 20.4. The third-order valence-corrected chi connectivity index (χ3v) is 9.43. The molecule has 3 N–H and O–H groups in total. The van der Waals surface area contributed by atoms with E-state index in [-0.39, 0.29) is 40.4 Å². The first-order valence-corrected chi connectivity index (χ1v) is 15.2. The lowest BCUT2D eigenvalue weighted by Crippen LogP contribution is -2.49. The molecule has 0 unspecified atom stereocenters. The summed E-state index contributed by atoms with van der Waals surface area (Å²) in [5.41, 5.74) is 7.66. The maximum Gasteiger partial charge on any atom is 0.253 e. The average Bonchev–Trinajstić information content (AvgIpc) is 3.25. The molecule has 1 aromatic heterocycles. The molecule has 0 spiro atoms. The normalized spacial score (nSPS) is 22.4. The second-order valence-corrected chi connectivity index (χ2v) is 13.3. The molecule has 1 aliphatic carbocycles. The highest BCUT2D eigenvalue weighted by Gasteiger charge is 2.36. The van der Waals surface area contributed by atoms with Crippen molar-refractivity contribution in [2.75, 3.05) is 38.5 Å². The number of halogens is 2. The summed E-state index contributed by atoms with van der Waals surface area (Å²) in [5.74, 6) is -2.08. The van der Waals surface area contributed by atoms with E-state index in [1.165, 1.54) is 18.2 Å². The van der Waals surface area contributed by atoms with Gasteiger partial charge in [-0.2, -0.15) is 0 Å². The first-order valence-electron chi connectivity index (χ1n) is 15.2. The first kappa shape index (κ1) is 29.3. The topological polar surface area (TPSA) is 101 Å². The van der Waals surface area contributed by atoms with Crippen molar-refractivity contribution >= 4 is 34.3 Å². The second-order valence-electron chi connectivity index (χ2n) is 13.3. The fourth-order valence-electron chi connectivity index (χ4n) is 7.20. The molecule has 1 saturated carbocycles. The fraction of sp³-hybridized carbons (Fsp3) is 0.485. The van der Waals surface area contributed by atoms with E-state index in [1.54, 1.807) is 16.7 Å². The number of likely N-dealkylation sites (N-methyl/N-ethyl adjacent to an activating group) is 1. The lowest BCUT2D eigenvalue weighted by atomic mass is 9.80. The molecule has 2 amide bonds. The van der Waals surface area contributed by atoms with E-state index < -0.39 is 17.5 Å². The van der Waals surface area contributed by atoms with Gasteiger partial charge in [-0.25, -0.2) is 8.78 Å². The number of anilines is 1. The lowest BCUT2D eigenvalue weighted by molar-refractivity contribution is -0.138. The van der Waals surface area contributed by atoms with Gasteiger partial charge in [0.2, 0.25) is 11.8 Å². The smallest absolute Gasteiger partial charge is 0.253 e. The van der Waals surface area contributed by atoms with E-state index in [4.69, 9.17) is 5.73 Å². The van der Waals surface area contributed by atoms with E-state index in [1.807, 2.05) is 18.7 Å². The van der Waals surface area contributed by atoms with Gasteiger partial charge in [-0.05, 0) is 80.5 Å². The van der Waals surface area contributed by atoms with Gasteiger partial charge in [-0.3, -0.25) is 19.0 Å². The summed E-state index contributed by atoms with van der Waals surface area (Å²) in [6.45, 7) is 7.25. The summed E-state index contributed by atoms with van der Waals surface area (Å²) in [5, 5.41) is 4.02. The standard InChI is InChI=1S/C33H39F2N5O3/c1-33(2)17-27-29(23-9-6-21(34)16-26(23)40(27)28(41)18-33)20-14-24(35)30(31(36)42)25(15-20)37-22-7-4-19(5-8-22)32(43)39-12-10-38(3)11-13-39/h6,9,14-16,19,22,37H,4-5,7-8,10-13,17-18H2,1-3H3,(H2,36,42)/t19-,22-. The van der Waals surface area contributed by atoms with Crippen molar-refractivity contribution in [2.45, 2.75) is 58.4 Å². The molecule has 6 rings (SSSR count). The highest BCUT2D eigenvalue weighted by atomic mass is 19.1. The van der Waals surface area contributed by atoms with Crippen LogP contribution in [0.2, 0.25) is 0 Å². The molecule has 228 valence electrons. The summed E-state index contributed by atoms with van der Waals surface area (Å²) in [4.78, 5) is 43.0. The number of aromatic nitrogens is 1. The molecule has 1 saturated heterocycles. The van der Waals surface area contributed by atoms with E-state index in [0.717, 1.165) is 26.2 Å². The van der Waals surface area contributed by atoms with Crippen LogP contribution in [-0.2, 0) is 11.2 Å². The molecule has 2 aliphatic heterocycles. The zero-order valence-corrected chi connectivity index (χ0v) is 25.0. The molecule has 2 aromatic carbocycles. The Morgan fingerprint density at radius 1 is 0.977 bits per heavy atom. The van der Waals surface area contributed by atoms with Crippen LogP contribution in [-0.4, -0.2) is 71.4 Å². The van der Waals surface area contributed by atoms with Crippen molar-refractivity contribution in [1.29, 1.82) is 0 Å². The molecule has 3 aliphatic rings. The van der Waals surface area contributed by atoms with Crippen molar-refractivity contribution in [1.82, 2.24) is 14.4 Å². The number of benzene rings is 2. The van der Waals surface area contributed by atoms with Crippen molar-refractivity contribution in [3.05, 3.63) is 53.2 Å². The van der Waals surface area contributed by atoms with Crippen LogP contribution < -0.4 is 11.1 Å². The van der Waals surface area contributed by atoms with Gasteiger partial charge in [0.05, 0.1) is 16.8 Å². The number of nitrogens with zero attached hydrogens (tertiary/aromatic N) is 3. The van der Waals surface area contributed by atoms with E-state index in [0.29, 0.717) is 66.2 Å². The van der Waals surface area contributed by atoms with Gasteiger partial charge in [-0.15, -0.1) is 0 Å². The summed E-state index contributed by atoms with van der Waals surface area (Å²) >= 11 is 0. The Morgan fingerprint density at radius 2 is 1.67 bits per heavy atom. The maximum absolute atomic E-state index is 15.7. The van der Waals surface area contributed by atoms with Gasteiger partial charge in [0.1, 0.15) is 11.6 Å². The second kappa shape index (κ2) is 11.0. The summed E-state index contributed by atoms with van der Waals surface area (Å²) in [7, 11) is 2.06. The minimum atomic E-state index is -0.882. The lowest BCUT2D eigenvalue weighted by Gasteiger charge is -2.37. The number of fused-ring (bicyclic) bond motifs is 3. The van der Waals surface area contributed by atoms with Crippen LogP contribution in [0.3, 0.4) is 0 Å². The molecule has 0 atom stereocenters. The number of primary amides is 1. The van der Waals surface area contributed by atoms with Gasteiger partial charge in [0.25, 0.3) is 5.91 Å². The van der Waals surface area contributed by atoms with Gasteiger partial charge in [0.15, 0.2) is 0 Å². The SMILES string of the molecule is CN1CCN(C(=O)[C@H]2CC[C@H](Nc3cc(-c4c5n(c6cc(F)ccc46)C(=O)CC(C)(C)C5)cc(F)c3C(N)=O)CC2)CC1. The van der Waals surface area contributed by atoms with Gasteiger partial charge in [0, 0.05) is 61.2 Å². The minimum absolute atomic E-state index is 0.0411. The Labute approximate surface area is 250 Å². The highest BCUT2D eigenvalue weighted by Crippen LogP contribution is 2.44. The summed E-state index contributed by atoms with van der Waals surface area (Å²) in [6.07, 6.45) is 3.65. The number of hydrogen-bond donors (Lipinski definition) is 2. The molecule has 0 radical (unpaired) electrons. The molecular formula is C33H39F2N5O3. The predicted molar refractivity (Wildman–Crippen MR) is 162 cm³/mol. The van der Waals surface area contributed by atoms with Gasteiger partial charge in [-0.1, -0.05) is 13.8 Å². The number of rotatable bonds is 5. The zero-order valence-electron chi connectivity index (χ0n) is 25.0. The number of piperazine rings is 1. The number of amides is 2. The van der Waals surface area contributed by atoms with E-state index >= 15 is 4.39 Å². The summed E-state index contributed by atoms with van der Waals surface area (Å²) in [6, 6.07) is 7.23. The largest absolute Gasteiger partial charge is 0.382 e. The number of carbonyl (C=O) groups excluding carboxylic acids is 3. The highest BCUT2D eigenvalue weighted by molar-refractivity contribution is 6.06. The number of hydrogen-bond acceptors (Lipinski definition) is 5. The van der Waals surface area contributed by atoms with Gasteiger partial charge >= 0.3 is 0 Å². The molecule has 8 nitrogen and oxygen atoms in total. The predicted octanol–water partition coefficient (Wildman–Crippen LogP) is 5.04. The maximum atomic E-state index is 15.7. The molecule has 43 heavy (non-hydrogen) atoms. The fourth-order valence-corrected chi connectivity index (χ4v) is 7.20. The molecule has 3 heterocycles. The minimum Gasteiger partial charge on any atom is -0.382 e. The third kappa shape index (κ3) is 5.53. The van der Waals surface area contributed by atoms with Crippen molar-refractivity contribution in [2.24, 2.45) is 17.1 Å². The Hall–Kier alpha value is -3.79. The van der Waals surface area contributed by atoms with E-state index in [2.05, 4.69) is 17.3 Å². The third-order valence-electron chi connectivity index (χ3n) is 9.43. The Morgan fingerprint density at radius 3 is 2.35 bits per heavy atom. The van der Waals surface area contributed by atoms with Crippen LogP contribution in [0.1, 0.15) is 66.8 Å². The number of carbonyl (C=O) groups is 3. The Balaban J connectivity index is 1.32. The van der Waals surface area contributed by atoms with Crippen LogP contribution in [0.25, 0.3) is 22.0 Å². The molecular weight excluding hydrogens is 552 g/mol. The van der Waals surface area contributed by atoms with Crippen LogP contribution in [0.15, 0.2) is 30.3 Å². The van der Waals surface area contributed by atoms with Crippen molar-refractivity contribution in [3.63, 3.8) is 0 Å².